The first kappa shape index (κ1) is 14.0. The van der Waals surface area contributed by atoms with Gasteiger partial charge in [-0.15, -0.1) is 10.2 Å². The van der Waals surface area contributed by atoms with Crippen LogP contribution in [0.1, 0.15) is 31.6 Å². The quantitative estimate of drug-likeness (QED) is 0.856. The third kappa shape index (κ3) is 3.54. The van der Waals surface area contributed by atoms with Gasteiger partial charge in [-0.25, -0.2) is 4.39 Å². The number of hydrogen-bond donors (Lipinski definition) is 1. The summed E-state index contributed by atoms with van der Waals surface area (Å²) >= 11 is 1.43. The van der Waals surface area contributed by atoms with Gasteiger partial charge in [-0.1, -0.05) is 23.9 Å². The summed E-state index contributed by atoms with van der Waals surface area (Å²) in [5.74, 6) is 0.153. The molecule has 1 N–H and O–H groups in total. The van der Waals surface area contributed by atoms with Gasteiger partial charge in [-0.2, -0.15) is 0 Å². The summed E-state index contributed by atoms with van der Waals surface area (Å²) in [4.78, 5) is 0. The number of aromatic nitrogens is 3. The van der Waals surface area contributed by atoms with Crippen LogP contribution in [0.25, 0.3) is 0 Å². The first-order valence-corrected chi connectivity index (χ1v) is 7.02. The van der Waals surface area contributed by atoms with Crippen LogP contribution in [0.2, 0.25) is 0 Å². The Morgan fingerprint density at radius 2 is 2.00 bits per heavy atom. The molecule has 1 atom stereocenters. The molecule has 2 rings (SSSR count). The maximum absolute atomic E-state index is 12.8. The summed E-state index contributed by atoms with van der Waals surface area (Å²) in [7, 11) is 0. The fourth-order valence-electron chi connectivity index (χ4n) is 1.62. The van der Waals surface area contributed by atoms with Crippen molar-refractivity contribution in [1.29, 1.82) is 0 Å². The number of hydrogen-bond acceptors (Lipinski definition) is 4. The molecule has 0 radical (unpaired) electrons. The van der Waals surface area contributed by atoms with E-state index in [-0.39, 0.29) is 11.9 Å². The van der Waals surface area contributed by atoms with Gasteiger partial charge in [-0.3, -0.25) is 0 Å². The van der Waals surface area contributed by atoms with E-state index in [1.807, 2.05) is 18.4 Å². The van der Waals surface area contributed by atoms with Crippen molar-refractivity contribution in [2.24, 2.45) is 0 Å². The molecule has 2 aromatic rings. The lowest BCUT2D eigenvalue weighted by Crippen LogP contribution is -2.04. The monoisotopic (exact) mass is 281 g/mol. The first-order chi connectivity index (χ1) is 9.08. The molecule has 0 saturated heterocycles. The summed E-state index contributed by atoms with van der Waals surface area (Å²) < 4.78 is 14.7. The molecule has 0 amide bonds. The van der Waals surface area contributed by atoms with Gasteiger partial charge in [0, 0.05) is 11.8 Å². The van der Waals surface area contributed by atoms with Gasteiger partial charge in [0.15, 0.2) is 5.16 Å². The Balaban J connectivity index is 1.98. The lowest BCUT2D eigenvalue weighted by atomic mass is 10.1. The summed E-state index contributed by atoms with van der Waals surface area (Å²) in [6.45, 7) is 4.09. The number of rotatable bonds is 5. The fourth-order valence-corrected chi connectivity index (χ4v) is 2.64. The molecular weight excluding hydrogens is 265 g/mol. The van der Waals surface area contributed by atoms with Crippen molar-refractivity contribution in [2.45, 2.75) is 31.1 Å². The van der Waals surface area contributed by atoms with Crippen LogP contribution in [-0.4, -0.2) is 25.6 Å². The average molecular weight is 281 g/mol. The van der Waals surface area contributed by atoms with E-state index in [1.54, 1.807) is 18.5 Å². The van der Waals surface area contributed by atoms with Gasteiger partial charge in [0.2, 0.25) is 0 Å². The van der Waals surface area contributed by atoms with E-state index < -0.39 is 6.10 Å². The molecule has 19 heavy (non-hydrogen) atoms. The lowest BCUT2D eigenvalue weighted by molar-refractivity contribution is 0.204. The van der Waals surface area contributed by atoms with Gasteiger partial charge in [0.1, 0.15) is 12.1 Å². The second kappa shape index (κ2) is 6.16. The standard InChI is InChI=1S/C13H16FN3OS/c1-9(2)17-8-15-16-13(17)19-7-12(18)10-3-5-11(14)6-4-10/h3-6,8-9,12,18H,7H2,1-2H3. The molecule has 102 valence electrons. The molecule has 1 aromatic carbocycles. The molecule has 4 nitrogen and oxygen atoms in total. The van der Waals surface area contributed by atoms with Crippen molar-refractivity contribution in [3.8, 4) is 0 Å². The van der Waals surface area contributed by atoms with Crippen LogP contribution in [-0.2, 0) is 0 Å². The topological polar surface area (TPSA) is 50.9 Å². The van der Waals surface area contributed by atoms with Crippen molar-refractivity contribution < 1.29 is 9.50 Å². The number of nitrogens with zero attached hydrogens (tertiary/aromatic N) is 3. The van der Waals surface area contributed by atoms with Crippen LogP contribution in [0.15, 0.2) is 35.7 Å². The number of benzene rings is 1. The van der Waals surface area contributed by atoms with E-state index in [0.29, 0.717) is 11.3 Å². The zero-order chi connectivity index (χ0) is 13.8. The van der Waals surface area contributed by atoms with Crippen molar-refractivity contribution >= 4 is 11.8 Å². The number of aliphatic hydroxyl groups excluding tert-OH is 1. The SMILES string of the molecule is CC(C)n1cnnc1SCC(O)c1ccc(F)cc1. The molecule has 0 spiro atoms. The van der Waals surface area contributed by atoms with Crippen LogP contribution in [0.4, 0.5) is 4.39 Å². The highest BCUT2D eigenvalue weighted by Crippen LogP contribution is 2.24. The molecule has 1 heterocycles. The van der Waals surface area contributed by atoms with E-state index in [1.165, 1.54) is 23.9 Å². The smallest absolute Gasteiger partial charge is 0.191 e. The third-order valence-corrected chi connectivity index (χ3v) is 3.75. The van der Waals surface area contributed by atoms with Crippen molar-refractivity contribution in [3.63, 3.8) is 0 Å². The van der Waals surface area contributed by atoms with E-state index in [2.05, 4.69) is 10.2 Å². The van der Waals surface area contributed by atoms with E-state index in [9.17, 15) is 9.50 Å². The third-order valence-electron chi connectivity index (χ3n) is 2.72. The highest BCUT2D eigenvalue weighted by molar-refractivity contribution is 7.99. The molecule has 0 aliphatic rings. The van der Waals surface area contributed by atoms with Crippen LogP contribution >= 0.6 is 11.8 Å². The highest BCUT2D eigenvalue weighted by atomic mass is 32.2. The zero-order valence-electron chi connectivity index (χ0n) is 10.8. The van der Waals surface area contributed by atoms with Gasteiger partial charge in [-0.05, 0) is 31.5 Å². The Morgan fingerprint density at radius 1 is 1.32 bits per heavy atom. The number of thioether (sulfide) groups is 1. The second-order valence-electron chi connectivity index (χ2n) is 4.49. The van der Waals surface area contributed by atoms with Crippen molar-refractivity contribution in [2.75, 3.05) is 5.75 Å². The highest BCUT2D eigenvalue weighted by Gasteiger charge is 2.12. The summed E-state index contributed by atoms with van der Waals surface area (Å²) in [6.07, 6.45) is 1.03. The molecule has 0 saturated carbocycles. The minimum atomic E-state index is -0.650. The largest absolute Gasteiger partial charge is 0.388 e. The molecule has 1 aromatic heterocycles. The second-order valence-corrected chi connectivity index (χ2v) is 5.48. The minimum absolute atomic E-state index is 0.278. The molecule has 6 heteroatoms. The summed E-state index contributed by atoms with van der Waals surface area (Å²) in [6, 6.07) is 6.15. The van der Waals surface area contributed by atoms with Crippen molar-refractivity contribution in [1.82, 2.24) is 14.8 Å². The molecule has 1 unspecified atom stereocenters. The van der Waals surface area contributed by atoms with E-state index in [4.69, 9.17) is 0 Å². The van der Waals surface area contributed by atoms with Crippen LogP contribution in [0.5, 0.6) is 0 Å². The zero-order valence-corrected chi connectivity index (χ0v) is 11.6. The predicted molar refractivity (Wildman–Crippen MR) is 72.5 cm³/mol. The molecular formula is C13H16FN3OS. The fraction of sp³-hybridized carbons (Fsp3) is 0.385. The Morgan fingerprint density at radius 3 is 2.63 bits per heavy atom. The average Bonchev–Trinajstić information content (AvgIpc) is 2.85. The number of halogens is 1. The van der Waals surface area contributed by atoms with Gasteiger partial charge >= 0.3 is 0 Å². The summed E-state index contributed by atoms with van der Waals surface area (Å²) in [5, 5.41) is 18.7. The van der Waals surface area contributed by atoms with Gasteiger partial charge in [0.05, 0.1) is 6.10 Å². The normalized spacial score (nSPS) is 12.9. The van der Waals surface area contributed by atoms with E-state index >= 15 is 0 Å². The number of aliphatic hydroxyl groups is 1. The lowest BCUT2D eigenvalue weighted by Gasteiger charge is -2.12. The Kier molecular flexibility index (Phi) is 4.55. The first-order valence-electron chi connectivity index (χ1n) is 6.03. The molecule has 0 fully saturated rings. The van der Waals surface area contributed by atoms with Gasteiger partial charge < -0.3 is 9.67 Å². The van der Waals surface area contributed by atoms with Crippen molar-refractivity contribution in [3.05, 3.63) is 42.0 Å². The minimum Gasteiger partial charge on any atom is -0.388 e. The molecule has 0 aliphatic heterocycles. The Hall–Kier alpha value is -1.40. The molecule has 0 bridgehead atoms. The predicted octanol–water partition coefficient (Wildman–Crippen LogP) is 2.82. The van der Waals surface area contributed by atoms with Crippen LogP contribution < -0.4 is 0 Å². The Labute approximate surface area is 115 Å². The summed E-state index contributed by atoms with van der Waals surface area (Å²) in [5.41, 5.74) is 0.699. The van der Waals surface area contributed by atoms with E-state index in [0.717, 1.165) is 5.16 Å². The maximum Gasteiger partial charge on any atom is 0.191 e. The molecule has 0 aliphatic carbocycles. The maximum atomic E-state index is 12.8. The van der Waals surface area contributed by atoms with Crippen LogP contribution in [0.3, 0.4) is 0 Å². The van der Waals surface area contributed by atoms with Gasteiger partial charge in [0.25, 0.3) is 0 Å². The van der Waals surface area contributed by atoms with Crippen LogP contribution in [0, 0.1) is 5.82 Å². The Bertz CT molecular complexity index is 527.